The second kappa shape index (κ2) is 10.7. The highest BCUT2D eigenvalue weighted by Gasteiger charge is 2.57. The monoisotopic (exact) mass is 558 g/mol. The van der Waals surface area contributed by atoms with Gasteiger partial charge in [-0.25, -0.2) is 15.0 Å². The Bertz CT molecular complexity index is 859. The second-order valence-corrected chi connectivity index (χ2v) is 7.96. The number of imidazole rings is 1. The van der Waals surface area contributed by atoms with E-state index in [2.05, 4.69) is 25.6 Å². The molecule has 0 aromatic carbocycles. The van der Waals surface area contributed by atoms with E-state index in [0.29, 0.717) is 12.4 Å². The summed E-state index contributed by atoms with van der Waals surface area (Å²) in [6.45, 7) is 8.26. The Kier molecular flexibility index (Phi) is 9.35. The van der Waals surface area contributed by atoms with Crippen molar-refractivity contribution in [2.75, 3.05) is 13.1 Å². The number of hydrogen-bond donors (Lipinski definition) is 3. The summed E-state index contributed by atoms with van der Waals surface area (Å²) in [6, 6.07) is 0. The van der Waals surface area contributed by atoms with E-state index in [0.717, 1.165) is 10.3 Å². The van der Waals surface area contributed by atoms with Crippen molar-refractivity contribution in [2.24, 2.45) is 12.0 Å². The van der Waals surface area contributed by atoms with Crippen LogP contribution in [0, 0.1) is 0 Å². The second-order valence-electron chi connectivity index (χ2n) is 7.96. The van der Waals surface area contributed by atoms with E-state index in [4.69, 9.17) is 4.42 Å². The van der Waals surface area contributed by atoms with Gasteiger partial charge in [-0.05, 0) is 6.92 Å². The van der Waals surface area contributed by atoms with Crippen LogP contribution in [0.4, 0.5) is 13.2 Å². The predicted molar refractivity (Wildman–Crippen MR) is 121 cm³/mol. The van der Waals surface area contributed by atoms with E-state index < -0.39 is 24.0 Å². The fraction of sp³-hybridized carbons (Fsp3) is 0.632. The molecule has 2 rings (SSSR count). The van der Waals surface area contributed by atoms with Crippen LogP contribution in [0.5, 0.6) is 0 Å². The van der Waals surface area contributed by atoms with Gasteiger partial charge in [-0.1, -0.05) is 20.8 Å². The van der Waals surface area contributed by atoms with Crippen molar-refractivity contribution in [3.05, 3.63) is 36.1 Å². The molecule has 2 aromatic rings. The first-order valence-corrected chi connectivity index (χ1v) is 9.62. The number of nitrogens with one attached hydrogen (secondary N) is 2. The van der Waals surface area contributed by atoms with Crippen molar-refractivity contribution in [3.63, 3.8) is 0 Å². The summed E-state index contributed by atoms with van der Waals surface area (Å²) >= 11 is 0. The molecule has 0 saturated carbocycles. The zero-order valence-electron chi connectivity index (χ0n) is 18.2. The van der Waals surface area contributed by atoms with Gasteiger partial charge in [-0.3, -0.25) is 0 Å². The van der Waals surface area contributed by atoms with Gasteiger partial charge >= 0.3 is 6.18 Å². The lowest BCUT2D eigenvalue weighted by Gasteiger charge is -2.30. The fourth-order valence-corrected chi connectivity index (χ4v) is 2.72. The van der Waals surface area contributed by atoms with Crippen molar-refractivity contribution < 1.29 is 22.7 Å². The SMILES string of the molecule is CCNC(=NCc1ncc(C(C)(C)C)o1)NCCC(O)(c1nccn1C)C(F)(F)F.I. The normalized spacial score (nSPS) is 14.7. The minimum atomic E-state index is -4.88. The Balaban J connectivity index is 0.00000480. The lowest BCUT2D eigenvalue weighted by Crippen LogP contribution is -2.47. The minimum absolute atomic E-state index is 0. The van der Waals surface area contributed by atoms with Crippen molar-refractivity contribution in [1.82, 2.24) is 25.2 Å². The van der Waals surface area contributed by atoms with Crippen LogP contribution < -0.4 is 10.6 Å². The Morgan fingerprint density at radius 2 is 1.90 bits per heavy atom. The summed E-state index contributed by atoms with van der Waals surface area (Å²) < 4.78 is 47.6. The van der Waals surface area contributed by atoms with Gasteiger partial charge < -0.3 is 24.7 Å². The van der Waals surface area contributed by atoms with E-state index >= 15 is 0 Å². The van der Waals surface area contributed by atoms with Gasteiger partial charge in [0.25, 0.3) is 0 Å². The van der Waals surface area contributed by atoms with Crippen LogP contribution in [0.3, 0.4) is 0 Å². The van der Waals surface area contributed by atoms with E-state index in [-0.39, 0.29) is 48.4 Å². The first-order valence-electron chi connectivity index (χ1n) is 9.62. The lowest BCUT2D eigenvalue weighted by atomic mass is 9.94. The molecule has 8 nitrogen and oxygen atoms in total. The molecule has 1 unspecified atom stereocenters. The number of guanidine groups is 1. The molecule has 0 saturated heterocycles. The highest BCUT2D eigenvalue weighted by Crippen LogP contribution is 2.40. The standard InChI is InChI=1S/C19H29F3N6O2.HI/c1-6-23-16(27-12-14-26-11-13(30-14)17(2,3)4)25-8-7-18(29,19(20,21)22)15-24-9-10-28(15)5;/h9-11,29H,6-8,12H2,1-5H3,(H2,23,25,27);1H. The lowest BCUT2D eigenvalue weighted by molar-refractivity contribution is -0.272. The van der Waals surface area contributed by atoms with Crippen molar-refractivity contribution in [2.45, 2.75) is 57.9 Å². The Labute approximate surface area is 196 Å². The quantitative estimate of drug-likeness (QED) is 0.274. The molecule has 0 radical (unpaired) electrons. The number of halogens is 4. The first kappa shape index (κ1) is 27.2. The third-order valence-electron chi connectivity index (χ3n) is 4.45. The van der Waals surface area contributed by atoms with E-state index in [1.165, 1.54) is 19.4 Å². The molecule has 0 amide bonds. The molecule has 0 aliphatic rings. The smallest absolute Gasteiger partial charge is 0.424 e. The largest absolute Gasteiger partial charge is 0.443 e. The van der Waals surface area contributed by atoms with Crippen molar-refractivity contribution >= 4 is 29.9 Å². The molecular formula is C19H30F3IN6O2. The van der Waals surface area contributed by atoms with E-state index in [1.807, 2.05) is 27.7 Å². The number of aromatic nitrogens is 3. The number of aliphatic hydroxyl groups is 1. The average Bonchev–Trinajstić information content (AvgIpc) is 3.27. The van der Waals surface area contributed by atoms with E-state index in [9.17, 15) is 18.3 Å². The van der Waals surface area contributed by atoms with Crippen LogP contribution in [0.15, 0.2) is 28.0 Å². The van der Waals surface area contributed by atoms with Crippen molar-refractivity contribution in [3.8, 4) is 0 Å². The number of aryl methyl sites for hydroxylation is 1. The van der Waals surface area contributed by atoms with Crippen LogP contribution in [0.25, 0.3) is 0 Å². The number of nitrogens with zero attached hydrogens (tertiary/aromatic N) is 4. The predicted octanol–water partition coefficient (Wildman–Crippen LogP) is 3.22. The van der Waals surface area contributed by atoms with Gasteiger partial charge in [-0.2, -0.15) is 13.2 Å². The molecule has 176 valence electrons. The maximum absolute atomic E-state index is 13.6. The Morgan fingerprint density at radius 3 is 2.39 bits per heavy atom. The molecule has 0 bridgehead atoms. The molecule has 3 N–H and O–H groups in total. The van der Waals surface area contributed by atoms with Gasteiger partial charge in [0, 0.05) is 44.4 Å². The Morgan fingerprint density at radius 1 is 1.23 bits per heavy atom. The first-order chi connectivity index (χ1) is 13.9. The highest BCUT2D eigenvalue weighted by molar-refractivity contribution is 14.0. The molecule has 2 heterocycles. The van der Waals surface area contributed by atoms with Gasteiger partial charge in [0.1, 0.15) is 18.1 Å². The number of oxazole rings is 1. The number of hydrogen-bond acceptors (Lipinski definition) is 5. The van der Waals surface area contributed by atoms with Gasteiger partial charge in [-0.15, -0.1) is 24.0 Å². The summed E-state index contributed by atoms with van der Waals surface area (Å²) in [5.41, 5.74) is -3.27. The molecule has 2 aromatic heterocycles. The summed E-state index contributed by atoms with van der Waals surface area (Å²) in [7, 11) is 1.40. The van der Waals surface area contributed by atoms with Crippen LogP contribution in [-0.4, -0.2) is 44.9 Å². The number of alkyl halides is 3. The summed E-state index contributed by atoms with van der Waals surface area (Å²) in [5, 5.41) is 16.1. The zero-order valence-corrected chi connectivity index (χ0v) is 20.6. The van der Waals surface area contributed by atoms with Crippen LogP contribution in [0.2, 0.25) is 0 Å². The number of rotatable bonds is 7. The minimum Gasteiger partial charge on any atom is -0.443 e. The highest BCUT2D eigenvalue weighted by atomic mass is 127. The zero-order chi connectivity index (χ0) is 22.6. The molecular weight excluding hydrogens is 528 g/mol. The third kappa shape index (κ3) is 6.82. The Hall–Kier alpha value is -1.83. The summed E-state index contributed by atoms with van der Waals surface area (Å²) in [6.07, 6.45) is -1.31. The van der Waals surface area contributed by atoms with Crippen molar-refractivity contribution in [1.29, 1.82) is 0 Å². The van der Waals surface area contributed by atoms with Crippen LogP contribution in [-0.2, 0) is 24.6 Å². The number of aliphatic imine (C=N–C) groups is 1. The van der Waals surface area contributed by atoms with Crippen LogP contribution in [0.1, 0.15) is 51.6 Å². The molecule has 0 aliphatic heterocycles. The maximum Gasteiger partial charge on any atom is 0.424 e. The molecule has 0 spiro atoms. The van der Waals surface area contributed by atoms with Crippen LogP contribution >= 0.6 is 24.0 Å². The maximum atomic E-state index is 13.6. The summed E-state index contributed by atoms with van der Waals surface area (Å²) in [5.74, 6) is 0.943. The van der Waals surface area contributed by atoms with Gasteiger partial charge in [0.2, 0.25) is 11.5 Å². The van der Waals surface area contributed by atoms with Gasteiger partial charge in [0.15, 0.2) is 5.96 Å². The molecule has 0 aliphatic carbocycles. The molecule has 0 fully saturated rings. The summed E-state index contributed by atoms with van der Waals surface area (Å²) in [4.78, 5) is 12.2. The fourth-order valence-electron chi connectivity index (χ4n) is 2.72. The molecule has 1 atom stereocenters. The van der Waals surface area contributed by atoms with E-state index in [1.54, 1.807) is 6.20 Å². The molecule has 31 heavy (non-hydrogen) atoms. The average molecular weight is 558 g/mol. The molecule has 12 heteroatoms. The third-order valence-corrected chi connectivity index (χ3v) is 4.45. The topological polar surface area (TPSA) is 100 Å². The van der Waals surface area contributed by atoms with Gasteiger partial charge in [0.05, 0.1) is 6.20 Å².